The number of rotatable bonds is 4. The Hall–Kier alpha value is -1.85. The Kier molecular flexibility index (Phi) is 4.89. The van der Waals surface area contributed by atoms with E-state index in [9.17, 15) is 4.79 Å². The van der Waals surface area contributed by atoms with Gasteiger partial charge in [-0.05, 0) is 61.5 Å². The monoisotopic (exact) mass is 385 g/mol. The molecule has 0 aliphatic carbocycles. The van der Waals surface area contributed by atoms with E-state index in [2.05, 4.69) is 39.9 Å². The number of benzene rings is 2. The molecule has 1 unspecified atom stereocenters. The molecular weight excluding hydrogens is 356 g/mol. The Balaban J connectivity index is 2.40. The first kappa shape index (κ1) is 19.9. The lowest BCUT2D eigenvalue weighted by atomic mass is 9.82. The fraction of sp³-hybridized carbons (Fsp3) is 0.500. The van der Waals surface area contributed by atoms with Crippen LogP contribution < -0.4 is 9.47 Å². The zero-order chi connectivity index (χ0) is 20.1. The van der Waals surface area contributed by atoms with Crippen LogP contribution in [-0.2, 0) is 9.84 Å². The topological polar surface area (TPSA) is 44.8 Å². The van der Waals surface area contributed by atoms with Crippen molar-refractivity contribution in [2.75, 3.05) is 7.11 Å². The van der Waals surface area contributed by atoms with Gasteiger partial charge in [0.25, 0.3) is 0 Å². The summed E-state index contributed by atoms with van der Waals surface area (Å²) in [4.78, 5) is 11.6. The van der Waals surface area contributed by atoms with E-state index in [1.807, 2.05) is 26.0 Å². The van der Waals surface area contributed by atoms with Crippen LogP contribution >= 0.6 is 0 Å². The van der Waals surface area contributed by atoms with Crippen LogP contribution in [0.4, 0.5) is 0 Å². The van der Waals surface area contributed by atoms with Crippen molar-refractivity contribution in [3.8, 4) is 11.5 Å². The maximum atomic E-state index is 11.6. The van der Waals surface area contributed by atoms with Gasteiger partial charge in [-0.1, -0.05) is 20.8 Å². The van der Waals surface area contributed by atoms with Crippen molar-refractivity contribution in [2.45, 2.75) is 64.8 Å². The van der Waals surface area contributed by atoms with Crippen molar-refractivity contribution >= 4 is 26.1 Å². The van der Waals surface area contributed by atoms with E-state index < -0.39 is 14.6 Å². The van der Waals surface area contributed by atoms with Gasteiger partial charge in [0.1, 0.15) is 29.5 Å². The second-order valence-corrected chi connectivity index (χ2v) is 11.0. The van der Waals surface area contributed by atoms with Gasteiger partial charge in [0.05, 0.1) is 12.7 Å². The summed E-state index contributed by atoms with van der Waals surface area (Å²) < 4.78 is 18.5. The Morgan fingerprint density at radius 2 is 1.81 bits per heavy atom. The number of carbonyl (C=O) groups excluding carboxylic acids is 1. The van der Waals surface area contributed by atoms with Crippen molar-refractivity contribution in [1.29, 1.82) is 0 Å². The number of hydrogen-bond acceptors (Lipinski definition) is 4. The Morgan fingerprint density at radius 1 is 1.15 bits per heavy atom. The van der Waals surface area contributed by atoms with Crippen LogP contribution in [0.25, 0.3) is 10.8 Å². The molecule has 0 spiro atoms. The number of aldehydes is 1. The Bertz CT molecular complexity index is 894. The van der Waals surface area contributed by atoms with Gasteiger partial charge in [-0.3, -0.25) is 4.79 Å². The van der Waals surface area contributed by atoms with E-state index in [-0.39, 0.29) is 11.5 Å². The Labute approximate surface area is 163 Å². The molecule has 0 N–H and O–H groups in total. The minimum atomic E-state index is -0.942. The van der Waals surface area contributed by atoms with Gasteiger partial charge in [0.15, 0.2) is 0 Å². The largest absolute Gasteiger partial charge is 0.496 e. The third-order valence-corrected chi connectivity index (χ3v) is 5.72. The summed E-state index contributed by atoms with van der Waals surface area (Å²) in [6.07, 6.45) is 0.701. The highest BCUT2D eigenvalue weighted by atomic mass is 28.3. The van der Waals surface area contributed by atoms with E-state index in [0.717, 1.165) is 39.7 Å². The first-order chi connectivity index (χ1) is 12.5. The molecule has 1 atom stereocenters. The maximum absolute atomic E-state index is 11.6. The van der Waals surface area contributed by atoms with Gasteiger partial charge in [0, 0.05) is 10.9 Å². The molecule has 1 aliphatic heterocycles. The van der Waals surface area contributed by atoms with Crippen molar-refractivity contribution in [3.63, 3.8) is 0 Å². The molecule has 5 heteroatoms. The van der Waals surface area contributed by atoms with E-state index in [1.165, 1.54) is 0 Å². The normalized spacial score (nSPS) is 18.5. The average Bonchev–Trinajstić information content (AvgIpc) is 2.83. The van der Waals surface area contributed by atoms with E-state index in [4.69, 9.17) is 13.9 Å². The van der Waals surface area contributed by atoms with Crippen LogP contribution in [0.3, 0.4) is 0 Å². The molecule has 0 aromatic heterocycles. The summed E-state index contributed by atoms with van der Waals surface area (Å²) in [5, 5.41) is 2.00. The average molecular weight is 386 g/mol. The van der Waals surface area contributed by atoms with Crippen molar-refractivity contribution in [2.24, 2.45) is 0 Å². The zero-order valence-electron chi connectivity index (χ0n) is 17.5. The number of hydrogen-bond donors (Lipinski definition) is 0. The summed E-state index contributed by atoms with van der Waals surface area (Å²) in [6, 6.07) is 5.95. The SMILES string of the molecule is COc1cc2c(C(C)(C)C)cc(C=O)cc2c2c1C(O[Si](C)C)C(C)(C)O2. The summed E-state index contributed by atoms with van der Waals surface area (Å²) in [5.74, 6) is 1.55. The summed E-state index contributed by atoms with van der Waals surface area (Å²) in [6.45, 7) is 14.8. The second kappa shape index (κ2) is 6.64. The van der Waals surface area contributed by atoms with Gasteiger partial charge in [-0.15, -0.1) is 0 Å². The van der Waals surface area contributed by atoms with E-state index >= 15 is 0 Å². The van der Waals surface area contributed by atoms with Gasteiger partial charge < -0.3 is 13.9 Å². The highest BCUT2D eigenvalue weighted by Crippen LogP contribution is 2.54. The van der Waals surface area contributed by atoms with Crippen molar-refractivity contribution < 1.29 is 18.7 Å². The minimum absolute atomic E-state index is 0.121. The lowest BCUT2D eigenvalue weighted by Gasteiger charge is -2.28. The first-order valence-corrected chi connectivity index (χ1v) is 11.7. The summed E-state index contributed by atoms with van der Waals surface area (Å²) in [7, 11) is 0.743. The van der Waals surface area contributed by atoms with Crippen molar-refractivity contribution in [1.82, 2.24) is 0 Å². The number of ether oxygens (including phenoxy) is 2. The molecule has 145 valence electrons. The fourth-order valence-corrected chi connectivity index (χ4v) is 4.67. The standard InChI is InChI=1S/C22H29O4Si/c1-21(2,3)16-10-13(12-23)9-15-14(16)11-17(24-6)18-19(15)25-22(4,5)20(18)26-27(7)8/h9-12,20H,1-8H3. The van der Waals surface area contributed by atoms with Gasteiger partial charge in [-0.2, -0.15) is 0 Å². The smallest absolute Gasteiger partial charge is 0.206 e. The summed E-state index contributed by atoms with van der Waals surface area (Å²) >= 11 is 0. The molecule has 2 aromatic carbocycles. The molecule has 0 fully saturated rings. The zero-order valence-corrected chi connectivity index (χ0v) is 18.5. The molecule has 0 saturated carbocycles. The fourth-order valence-electron chi connectivity index (χ4n) is 3.80. The molecule has 0 amide bonds. The highest BCUT2D eigenvalue weighted by Gasteiger charge is 2.45. The number of fused-ring (bicyclic) bond motifs is 3. The quantitative estimate of drug-likeness (QED) is 0.519. The van der Waals surface area contributed by atoms with Gasteiger partial charge >= 0.3 is 0 Å². The first-order valence-electron chi connectivity index (χ1n) is 9.29. The lowest BCUT2D eigenvalue weighted by Crippen LogP contribution is -2.34. The number of carbonyl (C=O) groups is 1. The minimum Gasteiger partial charge on any atom is -0.496 e. The Morgan fingerprint density at radius 3 is 2.33 bits per heavy atom. The lowest BCUT2D eigenvalue weighted by molar-refractivity contribution is 0.0153. The molecule has 4 nitrogen and oxygen atoms in total. The molecule has 0 saturated heterocycles. The molecule has 27 heavy (non-hydrogen) atoms. The van der Waals surface area contributed by atoms with E-state index in [1.54, 1.807) is 7.11 Å². The van der Waals surface area contributed by atoms with Gasteiger partial charge in [0.2, 0.25) is 9.04 Å². The molecular formula is C22H29O4Si. The van der Waals surface area contributed by atoms with Crippen molar-refractivity contribution in [3.05, 3.63) is 34.9 Å². The summed E-state index contributed by atoms with van der Waals surface area (Å²) in [5.41, 5.74) is 2.07. The predicted molar refractivity (Wildman–Crippen MR) is 111 cm³/mol. The molecule has 0 bridgehead atoms. The molecule has 1 heterocycles. The molecule has 1 radical (unpaired) electrons. The van der Waals surface area contributed by atoms with Crippen LogP contribution in [-0.4, -0.2) is 28.0 Å². The third kappa shape index (κ3) is 3.39. The van der Waals surface area contributed by atoms with Crippen LogP contribution in [0.1, 0.15) is 62.2 Å². The van der Waals surface area contributed by atoms with Gasteiger partial charge in [-0.25, -0.2) is 0 Å². The second-order valence-electron chi connectivity index (χ2n) is 8.96. The molecule has 1 aliphatic rings. The maximum Gasteiger partial charge on any atom is 0.206 e. The predicted octanol–water partition coefficient (Wildman–Crippen LogP) is 5.44. The van der Waals surface area contributed by atoms with Crippen LogP contribution in [0.2, 0.25) is 13.1 Å². The van der Waals surface area contributed by atoms with Crippen LogP contribution in [0.15, 0.2) is 18.2 Å². The third-order valence-electron chi connectivity index (χ3n) is 5.01. The molecule has 2 aromatic rings. The highest BCUT2D eigenvalue weighted by molar-refractivity contribution is 6.48. The molecule has 3 rings (SSSR count). The van der Waals surface area contributed by atoms with Crippen LogP contribution in [0, 0.1) is 0 Å². The van der Waals surface area contributed by atoms with Crippen LogP contribution in [0.5, 0.6) is 11.5 Å². The van der Waals surface area contributed by atoms with E-state index in [0.29, 0.717) is 5.56 Å². The number of methoxy groups -OCH3 is 1.